The summed E-state index contributed by atoms with van der Waals surface area (Å²) in [5, 5.41) is 10.6. The smallest absolute Gasteiger partial charge is 0.462 e. The van der Waals surface area contributed by atoms with Gasteiger partial charge in [0.2, 0.25) is 0 Å². The zero-order valence-electron chi connectivity index (χ0n) is 65.0. The Labute approximate surface area is 607 Å². The molecule has 0 saturated heterocycles. The second-order valence-corrected chi connectivity index (χ2v) is 32.9. The van der Waals surface area contributed by atoms with Crippen LogP contribution in [0.5, 0.6) is 0 Å². The zero-order chi connectivity index (χ0) is 73.0. The molecule has 17 nitrogen and oxygen atoms in total. The topological polar surface area (TPSA) is 237 Å². The minimum Gasteiger partial charge on any atom is -0.462 e. The van der Waals surface area contributed by atoms with Crippen LogP contribution in [0.15, 0.2) is 0 Å². The lowest BCUT2D eigenvalue weighted by Crippen LogP contribution is -2.30. The summed E-state index contributed by atoms with van der Waals surface area (Å²) in [6.07, 6.45) is 58.3. The highest BCUT2D eigenvalue weighted by molar-refractivity contribution is 7.47. The Kier molecular flexibility index (Phi) is 69.0. The van der Waals surface area contributed by atoms with Crippen LogP contribution in [0.2, 0.25) is 0 Å². The number of aliphatic hydroxyl groups excluding tert-OH is 1. The molecule has 0 fully saturated rings. The van der Waals surface area contributed by atoms with Crippen molar-refractivity contribution < 1.29 is 80.2 Å². The maximum atomic E-state index is 13.1. The van der Waals surface area contributed by atoms with E-state index in [2.05, 4.69) is 48.5 Å². The third kappa shape index (κ3) is 72.8. The number of phosphoric ester groups is 2. The average molecular weight is 1450 g/mol. The first kappa shape index (κ1) is 97.1. The van der Waals surface area contributed by atoms with Crippen LogP contribution in [0.3, 0.4) is 0 Å². The first-order valence-corrected chi connectivity index (χ1v) is 44.4. The first-order valence-electron chi connectivity index (χ1n) is 41.4. The highest BCUT2D eigenvalue weighted by Gasteiger charge is 2.30. The number of rotatable bonds is 78. The van der Waals surface area contributed by atoms with Crippen molar-refractivity contribution >= 4 is 39.5 Å². The third-order valence-electron chi connectivity index (χ3n) is 19.0. The second-order valence-electron chi connectivity index (χ2n) is 30.0. The van der Waals surface area contributed by atoms with Crippen LogP contribution in [-0.4, -0.2) is 96.7 Å². The standard InChI is InChI=1S/C80H156O17P2/c1-8-10-11-12-13-40-47-54-61-77(82)90-67-75(96-80(85)64-57-50-43-36-30-24-26-32-38-45-52-59-72(5)6)69-94-98(86,87)92-65-74(81)66-93-99(88,89)95-70-76(68-91-78(83)62-55-48-41-34-28-23-22-25-31-37-44-51-58-71(3)4)97-79(84)63-56-49-42-35-29-21-19-17-15-14-16-18-20-27-33-39-46-53-60-73(7)9-2/h71-76,81H,8-70H2,1-7H3,(H,86,87)(H,88,89)/t73?,74-,75+,76+/m0/s1. The summed E-state index contributed by atoms with van der Waals surface area (Å²) in [6.45, 7) is 12.0. The van der Waals surface area contributed by atoms with Crippen molar-refractivity contribution in [2.75, 3.05) is 39.6 Å². The van der Waals surface area contributed by atoms with Gasteiger partial charge in [0.25, 0.3) is 0 Å². The van der Waals surface area contributed by atoms with E-state index < -0.39 is 97.5 Å². The van der Waals surface area contributed by atoms with Crippen LogP contribution in [0.1, 0.15) is 414 Å². The molecule has 588 valence electrons. The highest BCUT2D eigenvalue weighted by atomic mass is 31.2. The molecule has 3 N–H and O–H groups in total. The number of ether oxygens (including phenoxy) is 4. The van der Waals surface area contributed by atoms with Gasteiger partial charge < -0.3 is 33.8 Å². The molecule has 0 heterocycles. The van der Waals surface area contributed by atoms with Gasteiger partial charge >= 0.3 is 39.5 Å². The molecule has 6 atom stereocenters. The number of hydrogen-bond donors (Lipinski definition) is 3. The van der Waals surface area contributed by atoms with Crippen molar-refractivity contribution in [1.29, 1.82) is 0 Å². The summed E-state index contributed by atoms with van der Waals surface area (Å²) < 4.78 is 68.6. The van der Waals surface area contributed by atoms with Crippen molar-refractivity contribution in [2.45, 2.75) is 433 Å². The Morgan fingerprint density at radius 1 is 0.293 bits per heavy atom. The Hall–Kier alpha value is -1.94. The van der Waals surface area contributed by atoms with Gasteiger partial charge in [0.05, 0.1) is 26.4 Å². The summed E-state index contributed by atoms with van der Waals surface area (Å²) in [7, 11) is -9.91. The van der Waals surface area contributed by atoms with Crippen LogP contribution >= 0.6 is 15.6 Å². The van der Waals surface area contributed by atoms with Crippen molar-refractivity contribution in [2.24, 2.45) is 17.8 Å². The molecule has 0 aliphatic rings. The van der Waals surface area contributed by atoms with Gasteiger partial charge in [-0.05, 0) is 43.4 Å². The molecule has 0 aromatic rings. The van der Waals surface area contributed by atoms with E-state index in [1.807, 2.05) is 0 Å². The molecule has 0 aromatic heterocycles. The van der Waals surface area contributed by atoms with E-state index in [9.17, 15) is 43.2 Å². The average Bonchev–Trinajstić information content (AvgIpc) is 0.965. The number of hydrogen-bond acceptors (Lipinski definition) is 15. The van der Waals surface area contributed by atoms with E-state index in [4.69, 9.17) is 37.0 Å². The van der Waals surface area contributed by atoms with Crippen LogP contribution in [0, 0.1) is 17.8 Å². The molecule has 0 bridgehead atoms. The zero-order valence-corrected chi connectivity index (χ0v) is 66.8. The van der Waals surface area contributed by atoms with Gasteiger partial charge in [-0.2, -0.15) is 0 Å². The Morgan fingerprint density at radius 2 is 0.515 bits per heavy atom. The highest BCUT2D eigenvalue weighted by Crippen LogP contribution is 2.45. The minimum atomic E-state index is -4.96. The third-order valence-corrected chi connectivity index (χ3v) is 20.9. The molecule has 99 heavy (non-hydrogen) atoms. The maximum absolute atomic E-state index is 13.1. The number of esters is 4. The lowest BCUT2D eigenvalue weighted by atomic mass is 9.99. The lowest BCUT2D eigenvalue weighted by molar-refractivity contribution is -0.161. The van der Waals surface area contributed by atoms with Crippen LogP contribution in [0.25, 0.3) is 0 Å². The van der Waals surface area contributed by atoms with Crippen molar-refractivity contribution in [3.63, 3.8) is 0 Å². The summed E-state index contributed by atoms with van der Waals surface area (Å²) in [4.78, 5) is 72.9. The van der Waals surface area contributed by atoms with Gasteiger partial charge in [-0.1, -0.05) is 363 Å². The molecule has 0 rings (SSSR count). The van der Waals surface area contributed by atoms with Crippen molar-refractivity contribution in [1.82, 2.24) is 0 Å². The van der Waals surface area contributed by atoms with Gasteiger partial charge in [0.15, 0.2) is 12.2 Å². The number of phosphoric acid groups is 2. The van der Waals surface area contributed by atoms with E-state index in [-0.39, 0.29) is 25.7 Å². The Bertz CT molecular complexity index is 1920. The van der Waals surface area contributed by atoms with Crippen molar-refractivity contribution in [3.05, 3.63) is 0 Å². The summed E-state index contributed by atoms with van der Waals surface area (Å²) in [6, 6.07) is 0. The fourth-order valence-electron chi connectivity index (χ4n) is 12.3. The minimum absolute atomic E-state index is 0.106. The molecule has 0 amide bonds. The monoisotopic (exact) mass is 1450 g/mol. The molecule has 19 heteroatoms. The Balaban J connectivity index is 5.18. The molecule has 0 aliphatic heterocycles. The molecular formula is C80H156O17P2. The fourth-order valence-corrected chi connectivity index (χ4v) is 13.9. The molecule has 0 aromatic carbocycles. The predicted molar refractivity (Wildman–Crippen MR) is 405 cm³/mol. The number of aliphatic hydroxyl groups is 1. The second kappa shape index (κ2) is 70.4. The predicted octanol–water partition coefficient (Wildman–Crippen LogP) is 23.7. The fraction of sp³-hybridized carbons (Fsp3) is 0.950. The SMILES string of the molecule is CCCCCCCCCCC(=O)OC[C@H](COP(=O)(O)OC[C@H](O)COP(=O)(O)OC[C@@H](COC(=O)CCCCCCCCCCCCCCC(C)C)OC(=O)CCCCCCCCCCCCCCCCCCCCC(C)CC)OC(=O)CCCCCCCCCCCCCC(C)C. The van der Waals surface area contributed by atoms with Gasteiger partial charge in [-0.25, -0.2) is 9.13 Å². The van der Waals surface area contributed by atoms with Gasteiger partial charge in [0.1, 0.15) is 19.3 Å². The first-order chi connectivity index (χ1) is 47.8. The van der Waals surface area contributed by atoms with E-state index in [1.54, 1.807) is 0 Å². The van der Waals surface area contributed by atoms with Crippen molar-refractivity contribution in [3.8, 4) is 0 Å². The molecule has 0 aliphatic carbocycles. The number of carbonyl (C=O) groups is 4. The Morgan fingerprint density at radius 3 is 0.768 bits per heavy atom. The van der Waals surface area contributed by atoms with Gasteiger partial charge in [0, 0.05) is 25.7 Å². The molecule has 0 radical (unpaired) electrons. The van der Waals surface area contributed by atoms with Crippen LogP contribution in [-0.2, 0) is 65.4 Å². The molecule has 0 spiro atoms. The van der Waals surface area contributed by atoms with E-state index in [1.165, 1.54) is 218 Å². The molecule has 0 saturated carbocycles. The normalized spacial score (nSPS) is 14.3. The summed E-state index contributed by atoms with van der Waals surface area (Å²) in [5.41, 5.74) is 0. The molecular weight excluding hydrogens is 1290 g/mol. The van der Waals surface area contributed by atoms with E-state index in [0.29, 0.717) is 25.7 Å². The van der Waals surface area contributed by atoms with E-state index in [0.717, 1.165) is 114 Å². The van der Waals surface area contributed by atoms with Crippen LogP contribution in [0.4, 0.5) is 0 Å². The van der Waals surface area contributed by atoms with Crippen LogP contribution < -0.4 is 0 Å². The summed E-state index contributed by atoms with van der Waals surface area (Å²) >= 11 is 0. The van der Waals surface area contributed by atoms with Gasteiger partial charge in [-0.3, -0.25) is 37.3 Å². The quantitative estimate of drug-likeness (QED) is 0.0222. The number of carbonyl (C=O) groups excluding carboxylic acids is 4. The lowest BCUT2D eigenvalue weighted by Gasteiger charge is -2.21. The number of unbranched alkanes of at least 4 members (excludes halogenated alkanes) is 45. The largest absolute Gasteiger partial charge is 0.472 e. The van der Waals surface area contributed by atoms with E-state index >= 15 is 0 Å². The maximum Gasteiger partial charge on any atom is 0.472 e. The summed E-state index contributed by atoms with van der Waals surface area (Å²) in [5.74, 6) is 0.303. The van der Waals surface area contributed by atoms with Gasteiger partial charge in [-0.15, -0.1) is 0 Å². The molecule has 3 unspecified atom stereocenters.